The van der Waals surface area contributed by atoms with Gasteiger partial charge in [-0.2, -0.15) is 10.6 Å². The lowest BCUT2D eigenvalue weighted by molar-refractivity contribution is 0.0588. The molecule has 2 aromatic rings. The second-order valence-electron chi connectivity index (χ2n) is 8.59. The van der Waals surface area contributed by atoms with Crippen LogP contribution in [0.3, 0.4) is 0 Å². The zero-order valence-electron chi connectivity index (χ0n) is 18.1. The van der Waals surface area contributed by atoms with Crippen LogP contribution in [0, 0.1) is 19.8 Å². The number of halogens is 2. The van der Waals surface area contributed by atoms with Crippen molar-refractivity contribution in [3.05, 3.63) is 66.0 Å². The number of pyridine rings is 1. The number of rotatable bonds is 5. The molecule has 4 rings (SSSR count). The molecular formula is C22H26Cl2N2O5S. The molecule has 0 aliphatic carbocycles. The van der Waals surface area contributed by atoms with E-state index in [1.807, 2.05) is 19.9 Å². The Morgan fingerprint density at radius 2 is 1.94 bits per heavy atom. The largest absolute Gasteiger partial charge is 0.376 e. The van der Waals surface area contributed by atoms with Crippen molar-refractivity contribution < 1.29 is 18.6 Å². The number of aromatic nitrogens is 1. The molecule has 0 spiro atoms. The fraction of sp³-hybridized carbons (Fsp3) is 0.455. The van der Waals surface area contributed by atoms with Gasteiger partial charge in [0.05, 0.1) is 23.2 Å². The van der Waals surface area contributed by atoms with Crippen molar-refractivity contribution >= 4 is 39.7 Å². The highest BCUT2D eigenvalue weighted by molar-refractivity contribution is 8.25. The topological polar surface area (TPSA) is 103 Å². The number of H-pyrrole nitrogens is 1. The first kappa shape index (κ1) is 23.6. The van der Waals surface area contributed by atoms with Crippen LogP contribution in [0.5, 0.6) is 0 Å². The fourth-order valence-electron chi connectivity index (χ4n) is 4.67. The van der Waals surface area contributed by atoms with Gasteiger partial charge in [-0.3, -0.25) is 18.7 Å². The Labute approximate surface area is 198 Å². The van der Waals surface area contributed by atoms with Gasteiger partial charge in [-0.05, 0) is 43.5 Å². The van der Waals surface area contributed by atoms with E-state index in [9.17, 15) is 18.7 Å². The van der Waals surface area contributed by atoms with Gasteiger partial charge in [-0.15, -0.1) is 0 Å². The van der Waals surface area contributed by atoms with Gasteiger partial charge in [0, 0.05) is 52.9 Å². The lowest BCUT2D eigenvalue weighted by Crippen LogP contribution is -2.40. The summed E-state index contributed by atoms with van der Waals surface area (Å²) in [7, 11) is -1.04. The van der Waals surface area contributed by atoms with Crippen molar-refractivity contribution in [1.82, 2.24) is 9.88 Å². The van der Waals surface area contributed by atoms with Crippen LogP contribution in [0.4, 0.5) is 0 Å². The number of methoxy groups -OCH3 is 1. The van der Waals surface area contributed by atoms with Crippen molar-refractivity contribution in [2.75, 3.05) is 25.2 Å². The number of fused-ring (bicyclic) bond motifs is 1. The zero-order chi connectivity index (χ0) is 23.4. The van der Waals surface area contributed by atoms with Gasteiger partial charge in [0.1, 0.15) is 0 Å². The minimum absolute atomic E-state index is 0.125. The Morgan fingerprint density at radius 1 is 1.25 bits per heavy atom. The minimum atomic E-state index is -2.56. The third kappa shape index (κ3) is 4.20. The van der Waals surface area contributed by atoms with E-state index < -0.39 is 16.7 Å². The maximum Gasteiger partial charge on any atom is 0.256 e. The Morgan fingerprint density at radius 3 is 2.53 bits per heavy atom. The second-order valence-corrected chi connectivity index (χ2v) is 11.6. The van der Waals surface area contributed by atoms with Gasteiger partial charge in [-0.1, -0.05) is 23.2 Å². The molecule has 10 heteroatoms. The van der Waals surface area contributed by atoms with Crippen molar-refractivity contribution in [2.45, 2.75) is 32.9 Å². The van der Waals surface area contributed by atoms with Gasteiger partial charge >= 0.3 is 0 Å². The summed E-state index contributed by atoms with van der Waals surface area (Å²) >= 11 is 13.3. The minimum Gasteiger partial charge on any atom is -0.376 e. The number of hydrogen-bond donors (Lipinski definition) is 3. The number of nitrogens with zero attached hydrogens (tertiary/aromatic N) is 1. The molecule has 1 aromatic heterocycles. The Hall–Kier alpha value is -1.55. The van der Waals surface area contributed by atoms with E-state index in [-0.39, 0.29) is 40.5 Å². The SMILES string of the molecule is COC(c1cc(Cl)c2c(c1Cl)C(=O)N(Cc1c(C)cc(C)[nH]c1=O)CC2)C1CS(O)(O)C1. The van der Waals surface area contributed by atoms with Crippen molar-refractivity contribution in [2.24, 2.45) is 5.92 Å². The monoisotopic (exact) mass is 500 g/mol. The molecule has 7 nitrogen and oxygen atoms in total. The molecule has 0 radical (unpaired) electrons. The van der Waals surface area contributed by atoms with Gasteiger partial charge in [0.15, 0.2) is 0 Å². The van der Waals surface area contributed by atoms with Crippen LogP contribution in [-0.2, 0) is 17.7 Å². The van der Waals surface area contributed by atoms with E-state index >= 15 is 0 Å². The van der Waals surface area contributed by atoms with Crippen molar-refractivity contribution in [3.63, 3.8) is 0 Å². The van der Waals surface area contributed by atoms with Gasteiger partial charge in [0.25, 0.3) is 11.5 Å². The summed E-state index contributed by atoms with van der Waals surface area (Å²) < 4.78 is 25.2. The zero-order valence-corrected chi connectivity index (χ0v) is 20.4. The second kappa shape index (κ2) is 8.66. The molecule has 1 atom stereocenters. The Bertz CT molecular complexity index is 1140. The summed E-state index contributed by atoms with van der Waals surface area (Å²) in [5.74, 6) is 0.0466. The average Bonchev–Trinajstić information content (AvgIpc) is 2.68. The maximum absolute atomic E-state index is 13.5. The van der Waals surface area contributed by atoms with E-state index in [0.717, 1.165) is 11.3 Å². The molecule has 174 valence electrons. The molecule has 1 aromatic carbocycles. The highest BCUT2D eigenvalue weighted by atomic mass is 35.5. The summed E-state index contributed by atoms with van der Waals surface area (Å²) in [5.41, 5.74) is 3.51. The van der Waals surface area contributed by atoms with Gasteiger partial charge < -0.3 is 14.6 Å². The molecule has 2 aliphatic rings. The summed E-state index contributed by atoms with van der Waals surface area (Å²) in [6, 6.07) is 3.60. The number of aryl methyl sites for hydroxylation is 2. The number of carbonyl (C=O) groups excluding carboxylic acids is 1. The lowest BCUT2D eigenvalue weighted by Gasteiger charge is -2.49. The molecular weight excluding hydrogens is 475 g/mol. The van der Waals surface area contributed by atoms with E-state index in [4.69, 9.17) is 27.9 Å². The molecule has 3 heterocycles. The van der Waals surface area contributed by atoms with Crippen LogP contribution >= 0.6 is 33.8 Å². The van der Waals surface area contributed by atoms with Gasteiger partial charge in [0.2, 0.25) is 0 Å². The third-order valence-electron chi connectivity index (χ3n) is 6.27. The van der Waals surface area contributed by atoms with Crippen LogP contribution in [0.1, 0.15) is 44.4 Å². The number of nitrogens with one attached hydrogen (secondary N) is 1. The molecule has 3 N–H and O–H groups in total. The highest BCUT2D eigenvalue weighted by Crippen LogP contribution is 2.57. The highest BCUT2D eigenvalue weighted by Gasteiger charge is 2.42. The van der Waals surface area contributed by atoms with Crippen LogP contribution in [0.25, 0.3) is 0 Å². The first-order valence-corrected chi connectivity index (χ1v) is 12.9. The standard InChI is InChI=1S/C22H26Cl2N2O5S/c1-11-6-12(2)25-21(27)16(11)8-26-5-4-14-17(23)7-15(19(24)18(14)22(26)28)20(31-3)13-9-32(29,30)10-13/h6-7,13,20,29-30H,4-5,8-10H2,1-3H3,(H,25,27). The summed E-state index contributed by atoms with van der Waals surface area (Å²) in [4.78, 5) is 30.3. The number of carbonyl (C=O) groups is 1. The van der Waals surface area contributed by atoms with Crippen LogP contribution in [0.15, 0.2) is 16.9 Å². The number of ether oxygens (including phenoxy) is 1. The predicted octanol–water partition coefficient (Wildman–Crippen LogP) is 4.56. The summed E-state index contributed by atoms with van der Waals surface area (Å²) in [6.45, 7) is 4.27. The molecule has 0 saturated carbocycles. The average molecular weight is 501 g/mol. The van der Waals surface area contributed by atoms with E-state index in [1.54, 1.807) is 11.0 Å². The van der Waals surface area contributed by atoms with E-state index in [2.05, 4.69) is 4.98 Å². The third-order valence-corrected chi connectivity index (χ3v) is 8.94. The number of hydrogen-bond acceptors (Lipinski definition) is 5. The van der Waals surface area contributed by atoms with Gasteiger partial charge in [-0.25, -0.2) is 0 Å². The smallest absolute Gasteiger partial charge is 0.256 e. The Kier molecular flexibility index (Phi) is 6.39. The van der Waals surface area contributed by atoms with Crippen LogP contribution in [0.2, 0.25) is 10.0 Å². The summed E-state index contributed by atoms with van der Waals surface area (Å²) in [6.07, 6.45) is 0.0141. The predicted molar refractivity (Wildman–Crippen MR) is 127 cm³/mol. The fourth-order valence-corrected chi connectivity index (χ4v) is 6.96. The molecule has 1 fully saturated rings. The molecule has 32 heavy (non-hydrogen) atoms. The maximum atomic E-state index is 13.5. The molecule has 1 saturated heterocycles. The summed E-state index contributed by atoms with van der Waals surface area (Å²) in [5, 5.41) is 0.702. The van der Waals surface area contributed by atoms with E-state index in [1.165, 1.54) is 7.11 Å². The first-order valence-electron chi connectivity index (χ1n) is 10.3. The van der Waals surface area contributed by atoms with Crippen LogP contribution < -0.4 is 5.56 Å². The van der Waals surface area contributed by atoms with Crippen LogP contribution in [-0.4, -0.2) is 50.1 Å². The first-order chi connectivity index (χ1) is 15.0. The normalized spacial score (nSPS) is 20.0. The molecule has 1 amide bonds. The lowest BCUT2D eigenvalue weighted by atomic mass is 9.90. The van der Waals surface area contributed by atoms with Crippen molar-refractivity contribution in [1.29, 1.82) is 0 Å². The molecule has 1 unspecified atom stereocenters. The number of amides is 1. The number of benzene rings is 1. The van der Waals surface area contributed by atoms with E-state index in [0.29, 0.717) is 40.2 Å². The number of aromatic amines is 1. The molecule has 0 bridgehead atoms. The quantitative estimate of drug-likeness (QED) is 0.557. The molecule has 2 aliphatic heterocycles. The van der Waals surface area contributed by atoms with Crippen molar-refractivity contribution in [3.8, 4) is 0 Å². The Balaban J connectivity index is 1.69.